The smallest absolute Gasteiger partial charge is 0.142 e. The van der Waals surface area contributed by atoms with Gasteiger partial charge in [0.1, 0.15) is 11.5 Å². The number of ether oxygens (including phenoxy) is 1. The van der Waals surface area contributed by atoms with Gasteiger partial charge in [0.05, 0.1) is 12.8 Å². The molecule has 4 rings (SSSR count). The van der Waals surface area contributed by atoms with Crippen molar-refractivity contribution >= 4 is 11.5 Å². The summed E-state index contributed by atoms with van der Waals surface area (Å²) >= 11 is 0. The Labute approximate surface area is 112 Å². The van der Waals surface area contributed by atoms with Gasteiger partial charge in [-0.15, -0.1) is 0 Å². The van der Waals surface area contributed by atoms with E-state index in [-0.39, 0.29) is 17.5 Å². The van der Waals surface area contributed by atoms with Gasteiger partial charge in [0.2, 0.25) is 0 Å². The molecule has 4 heteroatoms. The minimum absolute atomic E-state index is 0.0811. The van der Waals surface area contributed by atoms with Gasteiger partial charge in [-0.1, -0.05) is 12.1 Å². The molecule has 1 aromatic rings. The third-order valence-electron chi connectivity index (χ3n) is 5.10. The van der Waals surface area contributed by atoms with Gasteiger partial charge in [-0.2, -0.15) is 0 Å². The van der Waals surface area contributed by atoms with Crippen LogP contribution in [-0.2, 0) is 10.2 Å². The first-order chi connectivity index (χ1) is 9.25. The predicted octanol–water partition coefficient (Wildman–Crippen LogP) is 1.45. The van der Waals surface area contributed by atoms with Gasteiger partial charge in [-0.3, -0.25) is 4.79 Å². The third-order valence-corrected chi connectivity index (χ3v) is 5.10. The van der Waals surface area contributed by atoms with Crippen LogP contribution in [0.25, 0.3) is 0 Å². The lowest BCUT2D eigenvalue weighted by atomic mass is 9.65. The normalized spacial score (nSPS) is 35.3. The Bertz CT molecular complexity index is 557. The highest BCUT2D eigenvalue weighted by atomic mass is 16.5. The highest BCUT2D eigenvalue weighted by Gasteiger charge is 2.58. The zero-order valence-electron chi connectivity index (χ0n) is 11.0. The zero-order chi connectivity index (χ0) is 13.0. The molecule has 2 N–H and O–H groups in total. The Morgan fingerprint density at radius 1 is 1.32 bits per heavy atom. The first-order valence-electron chi connectivity index (χ1n) is 6.95. The summed E-state index contributed by atoms with van der Waals surface area (Å²) in [6.45, 7) is 0.993. The number of hydrogen-bond acceptors (Lipinski definition) is 4. The second-order valence-corrected chi connectivity index (χ2v) is 5.82. The van der Waals surface area contributed by atoms with Gasteiger partial charge < -0.3 is 15.4 Å². The Morgan fingerprint density at radius 3 is 3.00 bits per heavy atom. The number of ketones is 1. The van der Waals surface area contributed by atoms with Crippen molar-refractivity contribution in [3.05, 3.63) is 23.8 Å². The number of methoxy groups -OCH3 is 1. The Kier molecular flexibility index (Phi) is 2.22. The van der Waals surface area contributed by atoms with E-state index < -0.39 is 0 Å². The number of carbonyl (C=O) groups is 1. The van der Waals surface area contributed by atoms with E-state index >= 15 is 0 Å². The van der Waals surface area contributed by atoms with Crippen LogP contribution in [0.15, 0.2) is 18.2 Å². The second-order valence-electron chi connectivity index (χ2n) is 5.82. The SMILES string of the molecule is COc1cccc2c1N[C@H]1CC(=O)C[C@@H]3NCC[C@@]231. The summed E-state index contributed by atoms with van der Waals surface area (Å²) in [5.41, 5.74) is 2.51. The number of anilines is 1. The van der Waals surface area contributed by atoms with Crippen molar-refractivity contribution in [2.45, 2.75) is 36.8 Å². The number of benzene rings is 1. The monoisotopic (exact) mass is 258 g/mol. The van der Waals surface area contributed by atoms with Crippen LogP contribution >= 0.6 is 0 Å². The van der Waals surface area contributed by atoms with Crippen molar-refractivity contribution in [3.63, 3.8) is 0 Å². The number of hydrogen-bond donors (Lipinski definition) is 2. The van der Waals surface area contributed by atoms with Crippen LogP contribution < -0.4 is 15.4 Å². The first-order valence-corrected chi connectivity index (χ1v) is 6.95. The van der Waals surface area contributed by atoms with Crippen molar-refractivity contribution in [1.29, 1.82) is 0 Å². The van der Waals surface area contributed by atoms with Crippen LogP contribution in [0.2, 0.25) is 0 Å². The maximum Gasteiger partial charge on any atom is 0.142 e. The fourth-order valence-corrected chi connectivity index (χ4v) is 4.30. The molecular weight excluding hydrogens is 240 g/mol. The summed E-state index contributed by atoms with van der Waals surface area (Å²) in [6, 6.07) is 6.74. The van der Waals surface area contributed by atoms with Crippen molar-refractivity contribution in [3.8, 4) is 5.75 Å². The molecule has 19 heavy (non-hydrogen) atoms. The minimum Gasteiger partial charge on any atom is -0.495 e. The molecule has 3 atom stereocenters. The van der Waals surface area contributed by atoms with E-state index in [9.17, 15) is 4.79 Å². The summed E-state index contributed by atoms with van der Waals surface area (Å²) in [6.07, 6.45) is 2.40. The maximum atomic E-state index is 11.9. The molecule has 3 aliphatic rings. The molecule has 2 fully saturated rings. The molecule has 1 aromatic carbocycles. The lowest BCUT2D eigenvalue weighted by Gasteiger charge is -2.40. The molecule has 1 saturated carbocycles. The standard InChI is InChI=1S/C15H18N2O2/c1-19-11-4-2-3-10-14(11)17-13-8-9(18)7-12-15(10,13)5-6-16-12/h2-4,12-13,16-17H,5-8H2,1H3/t12-,13-,15+/m0/s1. The van der Waals surface area contributed by atoms with Gasteiger partial charge in [0.15, 0.2) is 0 Å². The third kappa shape index (κ3) is 1.30. The summed E-state index contributed by atoms with van der Waals surface area (Å²) in [5, 5.41) is 7.09. The minimum atomic E-state index is 0.0811. The molecule has 0 radical (unpaired) electrons. The summed E-state index contributed by atoms with van der Waals surface area (Å²) in [7, 11) is 1.70. The van der Waals surface area contributed by atoms with E-state index in [0.717, 1.165) is 24.4 Å². The summed E-state index contributed by atoms with van der Waals surface area (Å²) < 4.78 is 5.47. The molecule has 1 saturated heterocycles. The average Bonchev–Trinajstić information content (AvgIpc) is 2.96. The molecule has 0 amide bonds. The summed E-state index contributed by atoms with van der Waals surface area (Å²) in [4.78, 5) is 11.9. The van der Waals surface area contributed by atoms with Gasteiger partial charge in [-0.05, 0) is 24.6 Å². The predicted molar refractivity (Wildman–Crippen MR) is 72.7 cm³/mol. The van der Waals surface area contributed by atoms with E-state index in [1.165, 1.54) is 5.56 Å². The largest absolute Gasteiger partial charge is 0.495 e. The Balaban J connectivity index is 1.90. The first kappa shape index (κ1) is 11.3. The molecule has 1 spiro atoms. The molecule has 2 heterocycles. The number of nitrogens with one attached hydrogen (secondary N) is 2. The Hall–Kier alpha value is -1.55. The van der Waals surface area contributed by atoms with Crippen LogP contribution in [-0.4, -0.2) is 31.5 Å². The highest BCUT2D eigenvalue weighted by Crippen LogP contribution is 2.54. The lowest BCUT2D eigenvalue weighted by Crippen LogP contribution is -2.53. The molecule has 0 bridgehead atoms. The van der Waals surface area contributed by atoms with Gasteiger partial charge >= 0.3 is 0 Å². The van der Waals surface area contributed by atoms with E-state index in [1.54, 1.807) is 7.11 Å². The van der Waals surface area contributed by atoms with E-state index in [4.69, 9.17) is 4.74 Å². The van der Waals surface area contributed by atoms with Crippen molar-refractivity contribution in [2.24, 2.45) is 0 Å². The molecule has 100 valence electrons. The lowest BCUT2D eigenvalue weighted by molar-refractivity contribution is -0.122. The van der Waals surface area contributed by atoms with E-state index in [1.807, 2.05) is 6.07 Å². The summed E-state index contributed by atoms with van der Waals surface area (Å²) in [5.74, 6) is 1.25. The fraction of sp³-hybridized carbons (Fsp3) is 0.533. The highest BCUT2D eigenvalue weighted by molar-refractivity contribution is 5.85. The van der Waals surface area contributed by atoms with Crippen molar-refractivity contribution in [2.75, 3.05) is 19.0 Å². The average molecular weight is 258 g/mol. The van der Waals surface area contributed by atoms with Gasteiger partial charge in [0.25, 0.3) is 0 Å². The fourth-order valence-electron chi connectivity index (χ4n) is 4.30. The van der Waals surface area contributed by atoms with Gasteiger partial charge in [0, 0.05) is 30.3 Å². The number of Topliss-reactive ketones (excluding diaryl/α,β-unsaturated/α-hetero) is 1. The van der Waals surface area contributed by atoms with E-state index in [2.05, 4.69) is 22.8 Å². The Morgan fingerprint density at radius 2 is 2.16 bits per heavy atom. The molecule has 1 aliphatic carbocycles. The molecule has 0 aromatic heterocycles. The van der Waals surface area contributed by atoms with Crippen LogP contribution in [0.3, 0.4) is 0 Å². The van der Waals surface area contributed by atoms with Crippen LogP contribution in [0, 0.1) is 0 Å². The van der Waals surface area contributed by atoms with Crippen LogP contribution in [0.4, 0.5) is 5.69 Å². The number of fused-ring (bicyclic) bond motifs is 1. The maximum absolute atomic E-state index is 11.9. The van der Waals surface area contributed by atoms with Crippen LogP contribution in [0.5, 0.6) is 5.75 Å². The van der Waals surface area contributed by atoms with Crippen LogP contribution in [0.1, 0.15) is 24.8 Å². The topological polar surface area (TPSA) is 50.4 Å². The quantitative estimate of drug-likeness (QED) is 0.800. The molecular formula is C15H18N2O2. The van der Waals surface area contributed by atoms with E-state index in [0.29, 0.717) is 18.6 Å². The number of rotatable bonds is 1. The zero-order valence-corrected chi connectivity index (χ0v) is 11.0. The molecule has 2 aliphatic heterocycles. The molecule has 0 unspecified atom stereocenters. The van der Waals surface area contributed by atoms with Crippen molar-refractivity contribution in [1.82, 2.24) is 5.32 Å². The van der Waals surface area contributed by atoms with Crippen molar-refractivity contribution < 1.29 is 9.53 Å². The number of para-hydroxylation sites is 1. The van der Waals surface area contributed by atoms with Gasteiger partial charge in [-0.25, -0.2) is 0 Å². The molecule has 4 nitrogen and oxygen atoms in total. The second kappa shape index (κ2) is 3.73. The number of carbonyl (C=O) groups excluding carboxylic acids is 1.